The van der Waals surface area contributed by atoms with Crippen LogP contribution in [0.5, 0.6) is 0 Å². The fraction of sp³-hybridized carbons (Fsp3) is 0.176. The third-order valence-electron chi connectivity index (χ3n) is 3.44. The number of carbonyl (C=O) groups excluding carboxylic acids is 2. The second-order valence-corrected chi connectivity index (χ2v) is 4.80. The van der Waals surface area contributed by atoms with Crippen LogP contribution in [0.1, 0.15) is 23.5 Å². The average molecular weight is 298 g/mol. The van der Waals surface area contributed by atoms with Crippen molar-refractivity contribution < 1.29 is 14.4 Å². The van der Waals surface area contributed by atoms with Crippen molar-refractivity contribution in [2.75, 3.05) is 6.54 Å². The van der Waals surface area contributed by atoms with Crippen LogP contribution in [0.25, 0.3) is 0 Å². The molecule has 2 aromatic carbocycles. The Balaban J connectivity index is 2.19. The van der Waals surface area contributed by atoms with Gasteiger partial charge < -0.3 is 10.6 Å². The van der Waals surface area contributed by atoms with E-state index >= 15 is 0 Å². The Bertz CT molecular complexity index is 562. The number of nitrogens with zero attached hydrogens (tertiary/aromatic N) is 1. The van der Waals surface area contributed by atoms with Crippen LogP contribution in [0.4, 0.5) is 4.79 Å². The second-order valence-electron chi connectivity index (χ2n) is 4.80. The molecule has 0 aliphatic carbocycles. The van der Waals surface area contributed by atoms with Gasteiger partial charge in [-0.1, -0.05) is 60.7 Å². The minimum absolute atomic E-state index is 0.0829. The lowest BCUT2D eigenvalue weighted by Crippen LogP contribution is -2.36. The van der Waals surface area contributed by atoms with E-state index in [2.05, 4.69) is 4.84 Å². The summed E-state index contributed by atoms with van der Waals surface area (Å²) in [6, 6.07) is 19.1. The van der Waals surface area contributed by atoms with Crippen molar-refractivity contribution in [2.45, 2.75) is 12.3 Å². The zero-order valence-corrected chi connectivity index (χ0v) is 12.1. The summed E-state index contributed by atoms with van der Waals surface area (Å²) in [6.07, 6.45) is 0.588. The Hall–Kier alpha value is -2.82. The molecule has 0 radical (unpaired) electrons. The van der Waals surface area contributed by atoms with Crippen LogP contribution in [-0.2, 0) is 9.63 Å². The maximum absolute atomic E-state index is 11.2. The summed E-state index contributed by atoms with van der Waals surface area (Å²) in [5.41, 5.74) is 7.45. The van der Waals surface area contributed by atoms with Gasteiger partial charge in [-0.05, 0) is 17.5 Å². The van der Waals surface area contributed by atoms with Crippen molar-refractivity contribution in [3.63, 3.8) is 0 Å². The van der Waals surface area contributed by atoms with Crippen molar-refractivity contribution >= 4 is 12.5 Å². The normalized spacial score (nSPS) is 10.2. The van der Waals surface area contributed by atoms with Crippen LogP contribution >= 0.6 is 0 Å². The number of primary amides is 1. The molecular weight excluding hydrogens is 280 g/mol. The Kier molecular flexibility index (Phi) is 5.54. The second kappa shape index (κ2) is 7.83. The number of hydrogen-bond donors (Lipinski definition) is 1. The van der Waals surface area contributed by atoms with Crippen LogP contribution in [-0.4, -0.2) is 24.1 Å². The van der Waals surface area contributed by atoms with Crippen molar-refractivity contribution in [1.29, 1.82) is 0 Å². The molecule has 0 bridgehead atoms. The molecule has 0 atom stereocenters. The van der Waals surface area contributed by atoms with Gasteiger partial charge in [0.15, 0.2) is 0 Å². The molecule has 2 amide bonds. The molecule has 2 aromatic rings. The predicted octanol–water partition coefficient (Wildman–Crippen LogP) is 2.68. The molecule has 114 valence electrons. The van der Waals surface area contributed by atoms with E-state index in [9.17, 15) is 9.59 Å². The summed E-state index contributed by atoms with van der Waals surface area (Å²) in [5.74, 6) is 0.0829. The van der Waals surface area contributed by atoms with Gasteiger partial charge in [0, 0.05) is 5.92 Å². The molecule has 2 N–H and O–H groups in total. The summed E-state index contributed by atoms with van der Waals surface area (Å²) >= 11 is 0. The number of rotatable bonds is 7. The van der Waals surface area contributed by atoms with Gasteiger partial charge in [-0.3, -0.25) is 4.79 Å². The van der Waals surface area contributed by atoms with Gasteiger partial charge >= 0.3 is 12.5 Å². The number of amides is 2. The van der Waals surface area contributed by atoms with Crippen LogP contribution in [0, 0.1) is 0 Å². The molecule has 2 rings (SSSR count). The van der Waals surface area contributed by atoms with Gasteiger partial charge in [-0.2, -0.15) is 5.06 Å². The van der Waals surface area contributed by atoms with Crippen LogP contribution in [0.15, 0.2) is 60.7 Å². The van der Waals surface area contributed by atoms with Crippen molar-refractivity contribution in [2.24, 2.45) is 5.73 Å². The Labute approximate surface area is 129 Å². The fourth-order valence-corrected chi connectivity index (χ4v) is 2.41. The van der Waals surface area contributed by atoms with E-state index in [1.807, 2.05) is 60.7 Å². The minimum Gasteiger partial charge on any atom is -0.349 e. The summed E-state index contributed by atoms with van der Waals surface area (Å²) < 4.78 is 0. The van der Waals surface area contributed by atoms with Gasteiger partial charge in [0.05, 0.1) is 6.54 Å². The van der Waals surface area contributed by atoms with Gasteiger partial charge in [0.25, 0.3) is 0 Å². The predicted molar refractivity (Wildman–Crippen MR) is 82.8 cm³/mol. The highest BCUT2D eigenvalue weighted by Gasteiger charge is 2.18. The Morgan fingerprint density at radius 3 is 1.95 bits per heavy atom. The number of hydroxylamine groups is 2. The molecular formula is C17H18N2O3. The molecule has 0 fully saturated rings. The molecule has 0 saturated heterocycles. The van der Waals surface area contributed by atoms with E-state index in [0.717, 1.165) is 16.2 Å². The van der Waals surface area contributed by atoms with Crippen molar-refractivity contribution in [3.8, 4) is 0 Å². The monoisotopic (exact) mass is 298 g/mol. The van der Waals surface area contributed by atoms with E-state index in [-0.39, 0.29) is 18.9 Å². The Morgan fingerprint density at radius 1 is 1.05 bits per heavy atom. The first kappa shape index (κ1) is 15.6. The molecule has 22 heavy (non-hydrogen) atoms. The SMILES string of the molecule is NC(=O)N(CCC(c1ccccc1)c1ccccc1)OC=O. The Morgan fingerprint density at radius 2 is 1.55 bits per heavy atom. The molecule has 0 heterocycles. The zero-order chi connectivity index (χ0) is 15.8. The third-order valence-corrected chi connectivity index (χ3v) is 3.44. The summed E-state index contributed by atoms with van der Waals surface area (Å²) in [4.78, 5) is 26.3. The van der Waals surface area contributed by atoms with E-state index in [1.54, 1.807) is 0 Å². The smallest absolute Gasteiger partial charge is 0.347 e. The van der Waals surface area contributed by atoms with E-state index < -0.39 is 6.03 Å². The van der Waals surface area contributed by atoms with E-state index in [4.69, 9.17) is 5.73 Å². The summed E-state index contributed by atoms with van der Waals surface area (Å²) in [7, 11) is 0. The number of urea groups is 1. The highest BCUT2D eigenvalue weighted by molar-refractivity contribution is 5.71. The largest absolute Gasteiger partial charge is 0.349 e. The summed E-state index contributed by atoms with van der Waals surface area (Å²) in [6.45, 7) is 0.424. The van der Waals surface area contributed by atoms with Crippen LogP contribution in [0.2, 0.25) is 0 Å². The van der Waals surface area contributed by atoms with E-state index in [0.29, 0.717) is 6.42 Å². The maximum atomic E-state index is 11.2. The molecule has 0 aromatic heterocycles. The third kappa shape index (κ3) is 4.09. The van der Waals surface area contributed by atoms with Gasteiger partial charge in [0.2, 0.25) is 0 Å². The standard InChI is InChI=1S/C17H18N2O3/c18-17(21)19(22-13-20)12-11-16(14-7-3-1-4-8-14)15-9-5-2-6-10-15/h1-10,13,16H,11-12H2,(H2,18,21). The molecule has 5 heteroatoms. The van der Waals surface area contributed by atoms with Crippen LogP contribution in [0.3, 0.4) is 0 Å². The molecule has 0 saturated carbocycles. The summed E-state index contributed by atoms with van der Waals surface area (Å²) in [5, 5.41) is 0.867. The van der Waals surface area contributed by atoms with Crippen molar-refractivity contribution in [1.82, 2.24) is 5.06 Å². The van der Waals surface area contributed by atoms with E-state index in [1.165, 1.54) is 0 Å². The molecule has 0 aliphatic heterocycles. The lowest BCUT2D eigenvalue weighted by molar-refractivity contribution is -0.159. The number of benzene rings is 2. The topological polar surface area (TPSA) is 72.6 Å². The van der Waals surface area contributed by atoms with Crippen LogP contribution < -0.4 is 5.73 Å². The average Bonchev–Trinajstić information content (AvgIpc) is 2.56. The minimum atomic E-state index is -0.785. The lowest BCUT2D eigenvalue weighted by atomic mass is 9.88. The molecule has 0 spiro atoms. The quantitative estimate of drug-likeness (QED) is 0.631. The molecule has 5 nitrogen and oxygen atoms in total. The first-order valence-corrected chi connectivity index (χ1v) is 6.99. The number of nitrogens with two attached hydrogens (primary N) is 1. The fourth-order valence-electron chi connectivity index (χ4n) is 2.41. The van der Waals surface area contributed by atoms with Crippen molar-refractivity contribution in [3.05, 3.63) is 71.8 Å². The zero-order valence-electron chi connectivity index (χ0n) is 12.1. The van der Waals surface area contributed by atoms with Gasteiger partial charge in [-0.25, -0.2) is 4.79 Å². The molecule has 0 aliphatic rings. The number of carbonyl (C=O) groups is 2. The maximum Gasteiger partial charge on any atom is 0.347 e. The number of hydrogen-bond acceptors (Lipinski definition) is 3. The van der Waals surface area contributed by atoms with Gasteiger partial charge in [-0.15, -0.1) is 0 Å². The lowest BCUT2D eigenvalue weighted by Gasteiger charge is -2.22. The first-order valence-electron chi connectivity index (χ1n) is 6.99. The highest BCUT2D eigenvalue weighted by Crippen LogP contribution is 2.28. The highest BCUT2D eigenvalue weighted by atomic mass is 16.7. The molecule has 0 unspecified atom stereocenters. The van der Waals surface area contributed by atoms with Gasteiger partial charge in [0.1, 0.15) is 0 Å². The first-order chi connectivity index (χ1) is 10.7.